The molecule has 7 N–H and O–H groups in total. The quantitative estimate of drug-likeness (QED) is 0.0183. The zero-order chi connectivity index (χ0) is 47.2. The first-order valence-corrected chi connectivity index (χ1v) is 22.6. The summed E-state index contributed by atoms with van der Waals surface area (Å²) in [7, 11) is 0. The standard InChI is InChI=1S/C46H57N15O6/c1-5-60-36(20-28(3)55-60)43(64)52-45-50-34-23-30(26-62)22-31-11-12-33(57-16-18-66-19-17-57)27-67-38-25-32(42(63)49-13-9-10-39(47)54-48)24-35-41(38)59(15-8-7-14-58(45)40(31)34)46(51-35)53-44(65)37-21-29(4)56-61(37)6-2/h7-8,20-26,33H,5-6,9-19,27,48H2,1-4H3,(H2,47,54)(H,49,63)(H,50,52,64)(H,51,53,65)/b8-7+. The number of nitrogens with two attached hydrogens (primary N) is 1. The van der Waals surface area contributed by atoms with Crippen molar-refractivity contribution in [3.63, 3.8) is 0 Å². The maximum Gasteiger partial charge on any atom is 0.276 e. The molecule has 2 aliphatic rings. The number of hydrogen-bond donors (Lipinski definition) is 6. The number of aromatic nitrogens is 8. The van der Waals surface area contributed by atoms with Crippen molar-refractivity contribution >= 4 is 63.8 Å². The number of benzene rings is 2. The van der Waals surface area contributed by atoms with Crippen LogP contribution in [0, 0.1) is 19.3 Å². The van der Waals surface area contributed by atoms with Crippen LogP contribution in [0.5, 0.6) is 5.75 Å². The van der Waals surface area contributed by atoms with Gasteiger partial charge in [0.15, 0.2) is 0 Å². The van der Waals surface area contributed by atoms with Crippen LogP contribution in [0.3, 0.4) is 0 Å². The zero-order valence-corrected chi connectivity index (χ0v) is 38.2. The molecule has 352 valence electrons. The van der Waals surface area contributed by atoms with Gasteiger partial charge in [0.1, 0.15) is 41.4 Å². The molecule has 2 aliphatic heterocycles. The molecule has 0 radical (unpaired) electrons. The molecule has 6 aromatic rings. The van der Waals surface area contributed by atoms with Crippen molar-refractivity contribution in [3.8, 4) is 5.75 Å². The molecular formula is C46H57N15O6. The molecule has 0 bridgehead atoms. The summed E-state index contributed by atoms with van der Waals surface area (Å²) < 4.78 is 19.7. The molecule has 1 saturated heterocycles. The number of allylic oxidation sites excluding steroid dienone is 2. The van der Waals surface area contributed by atoms with Crippen molar-refractivity contribution in [2.75, 3.05) is 50.1 Å². The minimum atomic E-state index is -0.411. The number of rotatable bonds is 13. The predicted molar refractivity (Wildman–Crippen MR) is 252 cm³/mol. The number of morpholine rings is 1. The van der Waals surface area contributed by atoms with E-state index in [1.165, 1.54) is 0 Å². The van der Waals surface area contributed by atoms with E-state index in [9.17, 15) is 19.2 Å². The average molecular weight is 916 g/mol. The van der Waals surface area contributed by atoms with Crippen LogP contribution < -0.4 is 32.0 Å². The number of amidine groups is 1. The number of nitrogens with zero attached hydrogens (tertiary/aromatic N) is 9. The molecule has 0 saturated carbocycles. The van der Waals surface area contributed by atoms with Gasteiger partial charge in [0.05, 0.1) is 41.2 Å². The third kappa shape index (κ3) is 10.1. The minimum absolute atomic E-state index is 0.151. The summed E-state index contributed by atoms with van der Waals surface area (Å²) in [5.41, 5.74) is 8.45. The van der Waals surface area contributed by atoms with Crippen LogP contribution in [-0.4, -0.2) is 119 Å². The van der Waals surface area contributed by atoms with E-state index in [0.29, 0.717) is 134 Å². The van der Waals surface area contributed by atoms with Crippen LogP contribution in [0.4, 0.5) is 11.9 Å². The Bertz CT molecular complexity index is 2860. The number of carbonyl (C=O) groups excluding carboxylic acids is 4. The third-order valence-corrected chi connectivity index (χ3v) is 12.0. The van der Waals surface area contributed by atoms with Crippen molar-refractivity contribution in [2.45, 2.75) is 85.6 Å². The highest BCUT2D eigenvalue weighted by atomic mass is 16.5. The molecule has 4 aromatic heterocycles. The third-order valence-electron chi connectivity index (χ3n) is 12.0. The minimum Gasteiger partial charge on any atom is -0.490 e. The highest BCUT2D eigenvalue weighted by Gasteiger charge is 2.27. The van der Waals surface area contributed by atoms with Crippen LogP contribution >= 0.6 is 0 Å². The van der Waals surface area contributed by atoms with E-state index in [-0.39, 0.29) is 49.3 Å². The van der Waals surface area contributed by atoms with Crippen molar-refractivity contribution < 1.29 is 28.7 Å². The normalized spacial score (nSPS) is 16.2. The van der Waals surface area contributed by atoms with Crippen molar-refractivity contribution in [1.82, 2.24) is 54.3 Å². The topological polar surface area (TPSA) is 259 Å². The molecule has 6 heterocycles. The number of ether oxygens (including phenoxy) is 2. The Hall–Kier alpha value is -7.23. The zero-order valence-electron chi connectivity index (χ0n) is 38.2. The molecule has 21 nitrogen and oxygen atoms in total. The number of hydrogen-bond acceptors (Lipinski definition) is 13. The van der Waals surface area contributed by atoms with Gasteiger partial charge in [0.2, 0.25) is 11.9 Å². The first kappa shape index (κ1) is 46.3. The fourth-order valence-electron chi connectivity index (χ4n) is 8.75. The number of imidazole rings is 2. The maximum atomic E-state index is 14.0. The predicted octanol–water partition coefficient (Wildman–Crippen LogP) is 3.99. The Morgan fingerprint density at radius 3 is 2.04 bits per heavy atom. The highest BCUT2D eigenvalue weighted by Crippen LogP contribution is 2.33. The van der Waals surface area contributed by atoms with Crippen LogP contribution in [0.25, 0.3) is 22.1 Å². The molecule has 1 atom stereocenters. The molecular weight excluding hydrogens is 859 g/mol. The van der Waals surface area contributed by atoms with Gasteiger partial charge in [0, 0.05) is 69.4 Å². The lowest BCUT2D eigenvalue weighted by molar-refractivity contribution is 0.00418. The Morgan fingerprint density at radius 1 is 0.836 bits per heavy atom. The molecule has 1 unspecified atom stereocenters. The number of amides is 3. The monoisotopic (exact) mass is 915 g/mol. The molecule has 1 fully saturated rings. The molecule has 8 rings (SSSR count). The number of carbonyl (C=O) groups is 4. The summed E-state index contributed by atoms with van der Waals surface area (Å²) in [4.78, 5) is 66.3. The van der Waals surface area contributed by atoms with Crippen molar-refractivity contribution in [3.05, 3.63) is 88.0 Å². The van der Waals surface area contributed by atoms with E-state index in [1.54, 1.807) is 39.7 Å². The Morgan fingerprint density at radius 2 is 1.45 bits per heavy atom. The number of aldehydes is 1. The number of nitrogens with one attached hydrogen (secondary N) is 5. The summed E-state index contributed by atoms with van der Waals surface area (Å²) in [5, 5.41) is 25.8. The summed E-state index contributed by atoms with van der Waals surface area (Å²) in [6.45, 7) is 11.9. The molecule has 21 heteroatoms. The van der Waals surface area contributed by atoms with Gasteiger partial charge in [-0.25, -0.2) is 15.8 Å². The van der Waals surface area contributed by atoms with Crippen molar-refractivity contribution in [1.29, 1.82) is 5.41 Å². The SMILES string of the molecule is CCn1nc(C)cc1C(=O)Nc1nc2cc(C=O)cc3c2n1C/C=C/Cn1c(NC(=O)c2cc(C)nn2CC)nc2cc(C(=O)NCCCC(=N)NN)cc(c21)OCC(N1CCOCC1)CC3. The van der Waals surface area contributed by atoms with E-state index >= 15 is 0 Å². The fourth-order valence-corrected chi connectivity index (χ4v) is 8.75. The van der Waals surface area contributed by atoms with Gasteiger partial charge in [-0.15, -0.1) is 0 Å². The number of aryl methyl sites for hydroxylation is 5. The van der Waals surface area contributed by atoms with Crippen LogP contribution in [-0.2, 0) is 37.3 Å². The van der Waals surface area contributed by atoms with Gasteiger partial charge in [0.25, 0.3) is 17.7 Å². The lowest BCUT2D eigenvalue weighted by Gasteiger charge is -2.34. The summed E-state index contributed by atoms with van der Waals surface area (Å²) in [5.74, 6) is 5.31. The molecule has 0 spiro atoms. The van der Waals surface area contributed by atoms with Crippen LogP contribution in [0.1, 0.15) is 91.8 Å². The first-order valence-electron chi connectivity index (χ1n) is 22.6. The first-order chi connectivity index (χ1) is 32.5. The van der Waals surface area contributed by atoms with E-state index < -0.39 is 5.91 Å². The Labute approximate surface area is 386 Å². The molecule has 67 heavy (non-hydrogen) atoms. The molecule has 3 amide bonds. The molecule has 0 aliphatic carbocycles. The van der Waals surface area contributed by atoms with Crippen molar-refractivity contribution in [2.24, 2.45) is 5.84 Å². The lowest BCUT2D eigenvalue weighted by atomic mass is 10.0. The maximum absolute atomic E-state index is 14.0. The summed E-state index contributed by atoms with van der Waals surface area (Å²) >= 11 is 0. The second-order valence-electron chi connectivity index (χ2n) is 16.6. The van der Waals surface area contributed by atoms with E-state index in [4.69, 9.17) is 30.7 Å². The average Bonchev–Trinajstić information content (AvgIpc) is 4.10. The van der Waals surface area contributed by atoms with Gasteiger partial charge >= 0.3 is 0 Å². The fraction of sp³-hybridized carbons (Fsp3) is 0.413. The van der Waals surface area contributed by atoms with Gasteiger partial charge in [-0.05, 0) is 88.9 Å². The second kappa shape index (κ2) is 20.5. The number of hydrazine groups is 1. The van der Waals surface area contributed by atoms with Gasteiger partial charge in [-0.3, -0.25) is 49.5 Å². The largest absolute Gasteiger partial charge is 0.490 e. The number of anilines is 2. The van der Waals surface area contributed by atoms with E-state index in [0.717, 1.165) is 17.4 Å². The summed E-state index contributed by atoms with van der Waals surface area (Å²) in [6.07, 6.45) is 6.67. The van der Waals surface area contributed by atoms with Crippen LogP contribution in [0.15, 0.2) is 48.6 Å². The van der Waals surface area contributed by atoms with Crippen LogP contribution in [0.2, 0.25) is 0 Å². The Balaban J connectivity index is 1.24. The van der Waals surface area contributed by atoms with E-state index in [2.05, 4.69) is 36.5 Å². The highest BCUT2D eigenvalue weighted by molar-refractivity contribution is 6.05. The summed E-state index contributed by atoms with van der Waals surface area (Å²) in [6, 6.07) is 10.3. The Kier molecular flexibility index (Phi) is 14.2. The molecule has 2 aromatic carbocycles. The van der Waals surface area contributed by atoms with Gasteiger partial charge in [-0.1, -0.05) is 12.2 Å². The van der Waals surface area contributed by atoms with Gasteiger partial charge in [-0.2, -0.15) is 10.2 Å². The lowest BCUT2D eigenvalue weighted by Crippen LogP contribution is -2.46. The van der Waals surface area contributed by atoms with E-state index in [1.807, 2.05) is 55.0 Å². The second-order valence-corrected chi connectivity index (χ2v) is 16.6. The smallest absolute Gasteiger partial charge is 0.276 e. The van der Waals surface area contributed by atoms with Gasteiger partial charge < -0.3 is 29.4 Å².